The van der Waals surface area contributed by atoms with E-state index in [0.717, 1.165) is 25.6 Å². The van der Waals surface area contributed by atoms with Crippen molar-refractivity contribution in [2.45, 2.75) is 39.0 Å². The summed E-state index contributed by atoms with van der Waals surface area (Å²) in [5, 5.41) is 0. The maximum atomic E-state index is 14.5. The molecule has 1 fully saturated rings. The Morgan fingerprint density at radius 3 is 1.95 bits per heavy atom. The van der Waals surface area contributed by atoms with E-state index in [4.69, 9.17) is 9.73 Å². The number of rotatable bonds is 5. The van der Waals surface area contributed by atoms with Gasteiger partial charge in [-0.3, -0.25) is 14.7 Å². The minimum Gasteiger partial charge on any atom is -0.490 e. The molecule has 1 saturated heterocycles. The number of para-hydroxylation sites is 1. The van der Waals surface area contributed by atoms with Crippen LogP contribution < -0.4 is 4.74 Å². The van der Waals surface area contributed by atoms with Gasteiger partial charge >= 0.3 is 6.03 Å². The number of carbonyl (C=O) groups is 2. The maximum Gasteiger partial charge on any atom is 0.326 e. The van der Waals surface area contributed by atoms with Crippen LogP contribution in [0.4, 0.5) is 4.79 Å². The predicted octanol–water partition coefficient (Wildman–Crippen LogP) is 6.83. The zero-order valence-corrected chi connectivity index (χ0v) is 25.9. The lowest BCUT2D eigenvalue weighted by atomic mass is 9.94. The Kier molecular flexibility index (Phi) is 8.61. The lowest BCUT2D eigenvalue weighted by molar-refractivity contribution is -0.130. The number of benzene rings is 3. The molecule has 208 valence electrons. The molecular weight excluding hydrogens is 636 g/mol. The standard InChI is InChI=1S/C31H32Br2N4O3/c1-20(2)40-27-7-5-4-6-26(27)30-34-28(22-8-12-24(32)13-9-22)29(23-10-14-25(33)15-11-23)37(30)31(39)36-18-16-35(17-19-36)21(3)38/h4-15,20,28-29H,16-19H2,1-3H3. The van der Waals surface area contributed by atoms with E-state index >= 15 is 0 Å². The number of urea groups is 1. The van der Waals surface area contributed by atoms with Crippen LogP contribution in [0.1, 0.15) is 49.5 Å². The molecule has 0 N–H and O–H groups in total. The average molecular weight is 668 g/mol. The fraction of sp³-hybridized carbons (Fsp3) is 0.323. The van der Waals surface area contributed by atoms with Crippen LogP contribution in [0.3, 0.4) is 0 Å². The molecule has 0 spiro atoms. The summed E-state index contributed by atoms with van der Waals surface area (Å²) in [5.74, 6) is 1.29. The minimum absolute atomic E-state index is 0.0262. The second-order valence-electron chi connectivity index (χ2n) is 10.3. The predicted molar refractivity (Wildman–Crippen MR) is 164 cm³/mol. The minimum atomic E-state index is -0.380. The van der Waals surface area contributed by atoms with E-state index in [1.165, 1.54) is 0 Å². The number of piperazine rings is 1. The Hall–Kier alpha value is -3.17. The topological polar surface area (TPSA) is 65.5 Å². The third kappa shape index (κ3) is 5.95. The van der Waals surface area contributed by atoms with Gasteiger partial charge in [0.05, 0.1) is 17.7 Å². The van der Waals surface area contributed by atoms with Crippen LogP contribution in [-0.4, -0.2) is 64.8 Å². The van der Waals surface area contributed by atoms with Gasteiger partial charge in [-0.25, -0.2) is 4.79 Å². The summed E-state index contributed by atoms with van der Waals surface area (Å²) < 4.78 is 8.14. The number of carbonyl (C=O) groups excluding carboxylic acids is 2. The summed E-state index contributed by atoms with van der Waals surface area (Å²) in [5.41, 5.74) is 2.76. The van der Waals surface area contributed by atoms with E-state index in [-0.39, 0.29) is 30.1 Å². The molecule has 0 radical (unpaired) electrons. The molecule has 40 heavy (non-hydrogen) atoms. The first-order valence-electron chi connectivity index (χ1n) is 13.4. The van der Waals surface area contributed by atoms with Crippen molar-refractivity contribution >= 4 is 49.6 Å². The summed E-state index contributed by atoms with van der Waals surface area (Å²) in [6.45, 7) is 7.48. The number of halogens is 2. The summed E-state index contributed by atoms with van der Waals surface area (Å²) in [7, 11) is 0. The van der Waals surface area contributed by atoms with Gasteiger partial charge in [-0.05, 0) is 61.4 Å². The Morgan fingerprint density at radius 2 is 1.38 bits per heavy atom. The van der Waals surface area contributed by atoms with Crippen LogP contribution in [-0.2, 0) is 4.79 Å². The van der Waals surface area contributed by atoms with E-state index in [9.17, 15) is 9.59 Å². The second-order valence-corrected chi connectivity index (χ2v) is 12.1. The highest BCUT2D eigenvalue weighted by atomic mass is 79.9. The number of nitrogens with zero attached hydrogens (tertiary/aromatic N) is 4. The fourth-order valence-corrected chi connectivity index (χ4v) is 5.76. The summed E-state index contributed by atoms with van der Waals surface area (Å²) in [4.78, 5) is 37.2. The van der Waals surface area contributed by atoms with Crippen molar-refractivity contribution < 1.29 is 14.3 Å². The van der Waals surface area contributed by atoms with Crippen LogP contribution >= 0.6 is 31.9 Å². The smallest absolute Gasteiger partial charge is 0.326 e. The van der Waals surface area contributed by atoms with Gasteiger partial charge < -0.3 is 14.5 Å². The van der Waals surface area contributed by atoms with Gasteiger partial charge in [-0.15, -0.1) is 0 Å². The van der Waals surface area contributed by atoms with E-state index in [1.807, 2.05) is 84.3 Å². The molecule has 2 unspecified atom stereocenters. The Bertz CT molecular complexity index is 1400. The third-order valence-electron chi connectivity index (χ3n) is 7.18. The fourth-order valence-electron chi connectivity index (χ4n) is 5.23. The lowest BCUT2D eigenvalue weighted by Crippen LogP contribution is -2.54. The monoisotopic (exact) mass is 666 g/mol. The second kappa shape index (κ2) is 12.1. The summed E-state index contributed by atoms with van der Waals surface area (Å²) in [6, 6.07) is 23.1. The molecule has 0 aromatic heterocycles. The highest BCUT2D eigenvalue weighted by Crippen LogP contribution is 2.45. The molecule has 7 nitrogen and oxygen atoms in total. The zero-order chi connectivity index (χ0) is 28.4. The quantitative estimate of drug-likeness (QED) is 0.300. The van der Waals surface area contributed by atoms with Gasteiger partial charge in [-0.1, -0.05) is 68.3 Å². The molecule has 3 amide bonds. The molecule has 3 aromatic carbocycles. The molecule has 5 rings (SSSR count). The first-order chi connectivity index (χ1) is 19.2. The van der Waals surface area contributed by atoms with Crippen LogP contribution in [0.5, 0.6) is 5.75 Å². The van der Waals surface area contributed by atoms with E-state index in [1.54, 1.807) is 11.8 Å². The number of hydrogen-bond donors (Lipinski definition) is 0. The van der Waals surface area contributed by atoms with Gasteiger partial charge in [0.15, 0.2) is 0 Å². The number of aliphatic imine (C=N–C) groups is 1. The molecule has 2 heterocycles. The molecule has 2 atom stereocenters. The van der Waals surface area contributed by atoms with Crippen molar-refractivity contribution in [1.29, 1.82) is 0 Å². The first kappa shape index (κ1) is 28.4. The highest BCUT2D eigenvalue weighted by molar-refractivity contribution is 9.10. The first-order valence-corrected chi connectivity index (χ1v) is 15.0. The normalized spacial score (nSPS) is 19.1. The molecule has 0 aliphatic carbocycles. The number of amidine groups is 1. The van der Waals surface area contributed by atoms with Crippen LogP contribution in [0, 0.1) is 0 Å². The van der Waals surface area contributed by atoms with Crippen molar-refractivity contribution in [1.82, 2.24) is 14.7 Å². The molecule has 3 aromatic rings. The van der Waals surface area contributed by atoms with E-state index in [2.05, 4.69) is 44.0 Å². The number of amides is 3. The van der Waals surface area contributed by atoms with E-state index < -0.39 is 0 Å². The van der Waals surface area contributed by atoms with Gasteiger partial charge in [0.2, 0.25) is 5.91 Å². The largest absolute Gasteiger partial charge is 0.490 e. The van der Waals surface area contributed by atoms with Crippen molar-refractivity contribution in [2.24, 2.45) is 4.99 Å². The van der Waals surface area contributed by atoms with Crippen LogP contribution in [0.15, 0.2) is 86.7 Å². The van der Waals surface area contributed by atoms with Crippen LogP contribution in [0.2, 0.25) is 0 Å². The average Bonchev–Trinajstić information content (AvgIpc) is 3.34. The zero-order valence-electron chi connectivity index (χ0n) is 22.8. The van der Waals surface area contributed by atoms with Gasteiger partial charge in [0.25, 0.3) is 0 Å². The third-order valence-corrected chi connectivity index (χ3v) is 8.24. The van der Waals surface area contributed by atoms with Crippen molar-refractivity contribution in [3.8, 4) is 5.75 Å². The molecule has 0 saturated carbocycles. The van der Waals surface area contributed by atoms with Crippen molar-refractivity contribution in [3.63, 3.8) is 0 Å². The molecule has 2 aliphatic rings. The number of hydrogen-bond acceptors (Lipinski definition) is 4. The van der Waals surface area contributed by atoms with Crippen molar-refractivity contribution in [3.05, 3.63) is 98.4 Å². The number of ether oxygens (including phenoxy) is 1. The van der Waals surface area contributed by atoms with Gasteiger partial charge in [0.1, 0.15) is 17.6 Å². The SMILES string of the molecule is CC(=O)N1CCN(C(=O)N2C(c3ccccc3OC(C)C)=NC(c3ccc(Br)cc3)C2c2ccc(Br)cc2)CC1. The van der Waals surface area contributed by atoms with E-state index in [0.29, 0.717) is 37.8 Å². The lowest BCUT2D eigenvalue weighted by Gasteiger charge is -2.39. The highest BCUT2D eigenvalue weighted by Gasteiger charge is 2.45. The van der Waals surface area contributed by atoms with Crippen molar-refractivity contribution in [2.75, 3.05) is 26.2 Å². The Labute approximate surface area is 252 Å². The van der Waals surface area contributed by atoms with Gasteiger partial charge in [-0.2, -0.15) is 0 Å². The molecule has 9 heteroatoms. The molecule has 0 bridgehead atoms. The van der Waals surface area contributed by atoms with Gasteiger partial charge in [0, 0.05) is 42.0 Å². The van der Waals surface area contributed by atoms with Crippen LogP contribution in [0.25, 0.3) is 0 Å². The molecule has 2 aliphatic heterocycles. The summed E-state index contributed by atoms with van der Waals surface area (Å²) >= 11 is 7.10. The summed E-state index contributed by atoms with van der Waals surface area (Å²) in [6.07, 6.45) is -0.0449. The molecular formula is C31H32Br2N4O3. The maximum absolute atomic E-state index is 14.5. The Balaban J connectivity index is 1.64. The Morgan fingerprint density at radius 1 is 0.825 bits per heavy atom.